The van der Waals surface area contributed by atoms with Gasteiger partial charge in [-0.25, -0.2) is 0 Å². The van der Waals surface area contributed by atoms with Gasteiger partial charge in [-0.1, -0.05) is 53.6 Å². The van der Waals surface area contributed by atoms with Gasteiger partial charge in [0.2, 0.25) is 0 Å². The van der Waals surface area contributed by atoms with E-state index in [1.807, 2.05) is 24.3 Å². The molecule has 0 saturated heterocycles. The van der Waals surface area contributed by atoms with Gasteiger partial charge in [0.05, 0.1) is 0 Å². The lowest BCUT2D eigenvalue weighted by Crippen LogP contribution is -2.04. The molecular formula is C16H15ClO. The molecular weight excluding hydrogens is 244 g/mol. The van der Waals surface area contributed by atoms with Crippen molar-refractivity contribution in [3.8, 4) is 0 Å². The quantitative estimate of drug-likeness (QED) is 0.752. The highest BCUT2D eigenvalue weighted by molar-refractivity contribution is 6.30. The predicted molar refractivity (Wildman–Crippen MR) is 75.1 cm³/mol. The van der Waals surface area contributed by atoms with Crippen molar-refractivity contribution in [1.82, 2.24) is 0 Å². The van der Waals surface area contributed by atoms with Crippen molar-refractivity contribution >= 4 is 17.9 Å². The Bertz CT molecular complexity index is 514. The van der Waals surface area contributed by atoms with Crippen molar-refractivity contribution in [3.05, 3.63) is 70.2 Å². The zero-order valence-electron chi connectivity index (χ0n) is 10.3. The second-order valence-electron chi connectivity index (χ2n) is 4.48. The fourth-order valence-corrected chi connectivity index (χ4v) is 2.06. The molecule has 2 aromatic rings. The fourth-order valence-electron chi connectivity index (χ4n) is 1.93. The van der Waals surface area contributed by atoms with Crippen LogP contribution in [0.3, 0.4) is 0 Å². The van der Waals surface area contributed by atoms with Gasteiger partial charge in [0.15, 0.2) is 0 Å². The van der Waals surface area contributed by atoms with E-state index in [9.17, 15) is 4.79 Å². The van der Waals surface area contributed by atoms with E-state index in [1.165, 1.54) is 11.1 Å². The third kappa shape index (κ3) is 3.21. The van der Waals surface area contributed by atoms with E-state index >= 15 is 0 Å². The number of halogens is 1. The molecule has 0 aliphatic carbocycles. The van der Waals surface area contributed by atoms with Crippen LogP contribution in [0.5, 0.6) is 0 Å². The zero-order valence-corrected chi connectivity index (χ0v) is 11.0. The highest BCUT2D eigenvalue weighted by Crippen LogP contribution is 2.21. The highest BCUT2D eigenvalue weighted by Gasteiger charge is 2.11. The predicted octanol–water partition coefficient (Wildman–Crippen LogP) is 4.17. The van der Waals surface area contributed by atoms with Crippen LogP contribution in [0.1, 0.15) is 22.6 Å². The van der Waals surface area contributed by atoms with Crippen LogP contribution in [0.15, 0.2) is 48.5 Å². The van der Waals surface area contributed by atoms with E-state index in [0.29, 0.717) is 5.02 Å². The first-order valence-corrected chi connectivity index (χ1v) is 6.33. The van der Waals surface area contributed by atoms with E-state index in [2.05, 4.69) is 31.2 Å². The molecule has 0 fully saturated rings. The van der Waals surface area contributed by atoms with Crippen LogP contribution in [0.25, 0.3) is 0 Å². The van der Waals surface area contributed by atoms with Gasteiger partial charge < -0.3 is 4.79 Å². The molecule has 2 rings (SSSR count). The number of benzene rings is 2. The molecule has 1 nitrogen and oxygen atoms in total. The minimum absolute atomic E-state index is 0.107. The molecule has 0 heterocycles. The second-order valence-corrected chi connectivity index (χ2v) is 4.92. The van der Waals surface area contributed by atoms with Crippen molar-refractivity contribution < 1.29 is 4.79 Å². The third-order valence-electron chi connectivity index (χ3n) is 3.04. The van der Waals surface area contributed by atoms with Gasteiger partial charge in [0.1, 0.15) is 6.29 Å². The lowest BCUT2D eigenvalue weighted by Gasteiger charge is -2.11. The summed E-state index contributed by atoms with van der Waals surface area (Å²) in [6.07, 6.45) is 1.73. The monoisotopic (exact) mass is 258 g/mol. The molecule has 0 saturated carbocycles. The molecule has 0 bridgehead atoms. The SMILES string of the molecule is Cc1ccc(CC(C=O)c2ccc(Cl)cc2)cc1. The number of rotatable bonds is 4. The number of hydrogen-bond acceptors (Lipinski definition) is 1. The molecule has 2 heteroatoms. The molecule has 0 radical (unpaired) electrons. The van der Waals surface area contributed by atoms with Crippen LogP contribution < -0.4 is 0 Å². The first kappa shape index (κ1) is 12.8. The Hall–Kier alpha value is -1.60. The molecule has 18 heavy (non-hydrogen) atoms. The van der Waals surface area contributed by atoms with Crippen molar-refractivity contribution in [2.45, 2.75) is 19.3 Å². The summed E-state index contributed by atoms with van der Waals surface area (Å²) in [5.74, 6) is -0.107. The van der Waals surface area contributed by atoms with E-state index in [4.69, 9.17) is 11.6 Å². The van der Waals surface area contributed by atoms with E-state index in [0.717, 1.165) is 18.3 Å². The van der Waals surface area contributed by atoms with Crippen molar-refractivity contribution in [1.29, 1.82) is 0 Å². The summed E-state index contributed by atoms with van der Waals surface area (Å²) in [7, 11) is 0. The number of aryl methyl sites for hydroxylation is 1. The summed E-state index contributed by atoms with van der Waals surface area (Å²) < 4.78 is 0. The van der Waals surface area contributed by atoms with Gasteiger partial charge in [0.25, 0.3) is 0 Å². The van der Waals surface area contributed by atoms with Gasteiger partial charge in [-0.2, -0.15) is 0 Å². The van der Waals surface area contributed by atoms with Crippen LogP contribution in [-0.4, -0.2) is 6.29 Å². The number of carbonyl (C=O) groups is 1. The molecule has 0 aliphatic rings. The first-order valence-electron chi connectivity index (χ1n) is 5.95. The fraction of sp³-hybridized carbons (Fsp3) is 0.188. The lowest BCUT2D eigenvalue weighted by atomic mass is 9.93. The van der Waals surface area contributed by atoms with E-state index < -0.39 is 0 Å². The van der Waals surface area contributed by atoms with Crippen LogP contribution >= 0.6 is 11.6 Å². The van der Waals surface area contributed by atoms with Gasteiger partial charge in [-0.3, -0.25) is 0 Å². The molecule has 0 aromatic heterocycles. The van der Waals surface area contributed by atoms with Crippen molar-refractivity contribution in [2.24, 2.45) is 0 Å². The Balaban J connectivity index is 2.16. The van der Waals surface area contributed by atoms with Gasteiger partial charge in [-0.05, 0) is 36.6 Å². The Morgan fingerprint density at radius 2 is 1.67 bits per heavy atom. The number of carbonyl (C=O) groups excluding carboxylic acids is 1. The Kier molecular flexibility index (Phi) is 4.16. The molecule has 92 valence electrons. The number of aldehydes is 1. The summed E-state index contributed by atoms with van der Waals surface area (Å²) in [5.41, 5.74) is 3.41. The maximum Gasteiger partial charge on any atom is 0.127 e. The molecule has 0 amide bonds. The topological polar surface area (TPSA) is 17.1 Å². The summed E-state index contributed by atoms with van der Waals surface area (Å²) in [6.45, 7) is 2.06. The van der Waals surface area contributed by atoms with Crippen LogP contribution in [-0.2, 0) is 11.2 Å². The van der Waals surface area contributed by atoms with E-state index in [1.54, 1.807) is 0 Å². The van der Waals surface area contributed by atoms with Crippen molar-refractivity contribution in [3.63, 3.8) is 0 Å². The number of hydrogen-bond donors (Lipinski definition) is 0. The Morgan fingerprint density at radius 3 is 2.22 bits per heavy atom. The molecule has 0 aliphatic heterocycles. The van der Waals surface area contributed by atoms with Gasteiger partial charge in [-0.15, -0.1) is 0 Å². The summed E-state index contributed by atoms with van der Waals surface area (Å²) in [5, 5.41) is 0.693. The largest absolute Gasteiger partial charge is 0.303 e. The second kappa shape index (κ2) is 5.83. The van der Waals surface area contributed by atoms with Crippen molar-refractivity contribution in [2.75, 3.05) is 0 Å². The molecule has 2 aromatic carbocycles. The summed E-state index contributed by atoms with van der Waals surface area (Å²) in [4.78, 5) is 11.2. The lowest BCUT2D eigenvalue weighted by molar-refractivity contribution is -0.109. The summed E-state index contributed by atoms with van der Waals surface area (Å²) >= 11 is 5.85. The van der Waals surface area contributed by atoms with Crippen LogP contribution in [0, 0.1) is 6.92 Å². The third-order valence-corrected chi connectivity index (χ3v) is 3.29. The molecule has 0 spiro atoms. The first-order chi connectivity index (χ1) is 8.69. The average Bonchev–Trinajstić information content (AvgIpc) is 2.39. The van der Waals surface area contributed by atoms with Gasteiger partial charge in [0, 0.05) is 10.9 Å². The normalized spacial score (nSPS) is 12.1. The standard InChI is InChI=1S/C16H15ClO/c1-12-2-4-13(5-3-12)10-15(11-18)14-6-8-16(17)9-7-14/h2-9,11,15H,10H2,1H3. The van der Waals surface area contributed by atoms with Gasteiger partial charge >= 0.3 is 0 Å². The van der Waals surface area contributed by atoms with Crippen LogP contribution in [0.2, 0.25) is 5.02 Å². The Morgan fingerprint density at radius 1 is 1.06 bits per heavy atom. The maximum atomic E-state index is 11.2. The highest BCUT2D eigenvalue weighted by atomic mass is 35.5. The van der Waals surface area contributed by atoms with Crippen LogP contribution in [0.4, 0.5) is 0 Å². The minimum atomic E-state index is -0.107. The molecule has 0 N–H and O–H groups in total. The zero-order chi connectivity index (χ0) is 13.0. The van der Waals surface area contributed by atoms with E-state index in [-0.39, 0.29) is 5.92 Å². The Labute approximate surface area is 112 Å². The summed E-state index contributed by atoms with van der Waals surface area (Å²) in [6, 6.07) is 15.7. The average molecular weight is 259 g/mol. The smallest absolute Gasteiger partial charge is 0.127 e. The maximum absolute atomic E-state index is 11.2. The molecule has 1 unspecified atom stereocenters. The minimum Gasteiger partial charge on any atom is -0.303 e. The molecule has 1 atom stereocenters.